The molecule has 1 heterocycles. The van der Waals surface area contributed by atoms with Gasteiger partial charge in [-0.25, -0.2) is 4.99 Å². The number of halogens is 1. The first-order valence-corrected chi connectivity index (χ1v) is 9.70. The lowest BCUT2D eigenvalue weighted by molar-refractivity contribution is 0.0671. The monoisotopic (exact) mass is 497 g/mol. The van der Waals surface area contributed by atoms with E-state index in [9.17, 15) is 5.11 Å². The number of aliphatic hydroxyl groups is 1. The van der Waals surface area contributed by atoms with Gasteiger partial charge in [0.05, 0.1) is 12.7 Å². The average Bonchev–Trinajstić information content (AvgIpc) is 3.26. The third-order valence-electron chi connectivity index (χ3n) is 5.23. The maximum absolute atomic E-state index is 10.7. The highest BCUT2D eigenvalue weighted by atomic mass is 127. The molecule has 0 amide bonds. The van der Waals surface area contributed by atoms with Crippen LogP contribution in [0.25, 0.3) is 0 Å². The number of aromatic nitrogens is 2. The van der Waals surface area contributed by atoms with Crippen LogP contribution in [0.4, 0.5) is 0 Å². The van der Waals surface area contributed by atoms with E-state index in [1.807, 2.05) is 20.2 Å². The van der Waals surface area contributed by atoms with Gasteiger partial charge >= 0.3 is 0 Å². The Morgan fingerprint density at radius 2 is 2.00 bits per heavy atom. The highest BCUT2D eigenvalue weighted by molar-refractivity contribution is 14.0. The van der Waals surface area contributed by atoms with E-state index in [0.29, 0.717) is 5.41 Å². The summed E-state index contributed by atoms with van der Waals surface area (Å²) in [7, 11) is 1.84. The van der Waals surface area contributed by atoms with Crippen LogP contribution in [-0.2, 0) is 19.1 Å². The lowest BCUT2D eigenvalue weighted by Gasteiger charge is -2.22. The van der Waals surface area contributed by atoms with Crippen molar-refractivity contribution in [3.05, 3.63) is 53.9 Å². The third-order valence-corrected chi connectivity index (χ3v) is 5.23. The van der Waals surface area contributed by atoms with E-state index in [1.165, 1.54) is 18.4 Å². The summed E-state index contributed by atoms with van der Waals surface area (Å²) in [6, 6.07) is 10.7. The molecule has 1 saturated carbocycles. The summed E-state index contributed by atoms with van der Waals surface area (Å²) in [5, 5.41) is 21.6. The number of benzene rings is 1. The zero-order chi connectivity index (χ0) is 19.3. The molecular formula is C21H32IN5O. The summed E-state index contributed by atoms with van der Waals surface area (Å²) < 4.78 is 1.69. The first-order valence-electron chi connectivity index (χ1n) is 9.70. The highest BCUT2D eigenvalue weighted by Crippen LogP contribution is 2.47. The van der Waals surface area contributed by atoms with Crippen molar-refractivity contribution in [1.29, 1.82) is 0 Å². The van der Waals surface area contributed by atoms with Gasteiger partial charge in [-0.2, -0.15) is 5.10 Å². The van der Waals surface area contributed by atoms with Crippen molar-refractivity contribution < 1.29 is 5.11 Å². The van der Waals surface area contributed by atoms with Crippen LogP contribution in [0.15, 0.2) is 47.7 Å². The molecule has 7 heteroatoms. The third kappa shape index (κ3) is 6.20. The Bertz CT molecular complexity index is 768. The Morgan fingerprint density at radius 3 is 2.57 bits per heavy atom. The maximum atomic E-state index is 10.7. The topological polar surface area (TPSA) is 74.5 Å². The SMILES string of the molecule is CCNC(=NCC(C)(O)c1cnn(C)c1)NCC1(Cc2ccccc2)CC1.I. The van der Waals surface area contributed by atoms with Crippen molar-refractivity contribution in [2.45, 2.75) is 38.7 Å². The molecule has 154 valence electrons. The van der Waals surface area contributed by atoms with Gasteiger partial charge in [0.2, 0.25) is 0 Å². The van der Waals surface area contributed by atoms with Gasteiger partial charge in [0.25, 0.3) is 0 Å². The van der Waals surface area contributed by atoms with Crippen LogP contribution in [0.2, 0.25) is 0 Å². The van der Waals surface area contributed by atoms with E-state index < -0.39 is 5.60 Å². The molecule has 1 aliphatic rings. The number of hydrogen-bond acceptors (Lipinski definition) is 3. The highest BCUT2D eigenvalue weighted by Gasteiger charge is 2.42. The number of aliphatic imine (C=N–C) groups is 1. The summed E-state index contributed by atoms with van der Waals surface area (Å²) in [4.78, 5) is 4.62. The number of aryl methyl sites for hydroxylation is 1. The molecule has 1 atom stereocenters. The summed E-state index contributed by atoms with van der Waals surface area (Å²) in [6.45, 7) is 5.78. The van der Waals surface area contributed by atoms with E-state index in [-0.39, 0.29) is 30.5 Å². The molecule has 1 aromatic heterocycles. The molecule has 0 saturated heterocycles. The lowest BCUT2D eigenvalue weighted by Crippen LogP contribution is -2.41. The fourth-order valence-corrected chi connectivity index (χ4v) is 3.26. The maximum Gasteiger partial charge on any atom is 0.191 e. The number of guanidine groups is 1. The summed E-state index contributed by atoms with van der Waals surface area (Å²) in [5.74, 6) is 0.751. The van der Waals surface area contributed by atoms with Crippen molar-refractivity contribution >= 4 is 29.9 Å². The van der Waals surface area contributed by atoms with Crippen LogP contribution in [-0.4, -0.2) is 40.5 Å². The van der Waals surface area contributed by atoms with Gasteiger partial charge in [0, 0.05) is 31.9 Å². The molecule has 0 bridgehead atoms. The van der Waals surface area contributed by atoms with Gasteiger partial charge < -0.3 is 15.7 Å². The van der Waals surface area contributed by atoms with Crippen LogP contribution in [0, 0.1) is 5.41 Å². The van der Waals surface area contributed by atoms with Crippen molar-refractivity contribution in [2.75, 3.05) is 19.6 Å². The van der Waals surface area contributed by atoms with Crippen molar-refractivity contribution in [3.63, 3.8) is 0 Å². The van der Waals surface area contributed by atoms with E-state index in [2.05, 4.69) is 51.1 Å². The number of nitrogens with one attached hydrogen (secondary N) is 2. The van der Waals surface area contributed by atoms with Gasteiger partial charge in [-0.1, -0.05) is 30.3 Å². The van der Waals surface area contributed by atoms with E-state index in [1.54, 1.807) is 17.8 Å². The number of hydrogen-bond donors (Lipinski definition) is 3. The smallest absolute Gasteiger partial charge is 0.191 e. The molecule has 0 spiro atoms. The molecule has 1 fully saturated rings. The molecular weight excluding hydrogens is 465 g/mol. The zero-order valence-electron chi connectivity index (χ0n) is 17.0. The molecule has 3 N–H and O–H groups in total. The predicted octanol–water partition coefficient (Wildman–Crippen LogP) is 2.82. The average molecular weight is 497 g/mol. The molecule has 0 radical (unpaired) electrons. The zero-order valence-corrected chi connectivity index (χ0v) is 19.3. The predicted molar refractivity (Wildman–Crippen MR) is 124 cm³/mol. The second kappa shape index (κ2) is 9.73. The minimum atomic E-state index is -1.04. The molecule has 1 unspecified atom stereocenters. The fraction of sp³-hybridized carbons (Fsp3) is 0.524. The second-order valence-corrected chi connectivity index (χ2v) is 7.89. The first-order chi connectivity index (χ1) is 12.9. The largest absolute Gasteiger partial charge is 0.383 e. The molecule has 1 aromatic carbocycles. The van der Waals surface area contributed by atoms with Crippen molar-refractivity contribution in [2.24, 2.45) is 17.5 Å². The molecule has 28 heavy (non-hydrogen) atoms. The standard InChI is InChI=1S/C21H31N5O.HI/c1-4-22-19(23-15-20(2,27)18-13-25-26(3)14-18)24-16-21(10-11-21)12-17-8-6-5-7-9-17;/h5-9,13-14,27H,4,10-12,15-16H2,1-3H3,(H2,22,23,24);1H. The molecule has 0 aliphatic heterocycles. The Balaban J connectivity index is 0.00000280. The number of rotatable bonds is 8. The summed E-state index contributed by atoms with van der Waals surface area (Å²) >= 11 is 0. The quantitative estimate of drug-likeness (QED) is 0.298. The van der Waals surface area contributed by atoms with E-state index in [0.717, 1.165) is 31.0 Å². The normalized spacial score (nSPS) is 17.4. The van der Waals surface area contributed by atoms with Gasteiger partial charge in [0.15, 0.2) is 5.96 Å². The van der Waals surface area contributed by atoms with Crippen LogP contribution in [0.1, 0.15) is 37.8 Å². The summed E-state index contributed by atoms with van der Waals surface area (Å²) in [6.07, 6.45) is 7.08. The minimum Gasteiger partial charge on any atom is -0.383 e. The van der Waals surface area contributed by atoms with Gasteiger partial charge in [-0.05, 0) is 44.1 Å². The van der Waals surface area contributed by atoms with E-state index >= 15 is 0 Å². The summed E-state index contributed by atoms with van der Waals surface area (Å²) in [5.41, 5.74) is 1.44. The Kier molecular flexibility index (Phi) is 7.88. The molecule has 6 nitrogen and oxygen atoms in total. The molecule has 2 aromatic rings. The van der Waals surface area contributed by atoms with Crippen LogP contribution < -0.4 is 10.6 Å². The van der Waals surface area contributed by atoms with Crippen LogP contribution in [0.3, 0.4) is 0 Å². The minimum absolute atomic E-state index is 0. The van der Waals surface area contributed by atoms with Gasteiger partial charge in [-0.15, -0.1) is 24.0 Å². The molecule has 1 aliphatic carbocycles. The lowest BCUT2D eigenvalue weighted by atomic mass is 9.96. The number of nitrogens with zero attached hydrogens (tertiary/aromatic N) is 3. The van der Waals surface area contributed by atoms with Crippen LogP contribution >= 0.6 is 24.0 Å². The van der Waals surface area contributed by atoms with Crippen molar-refractivity contribution in [3.8, 4) is 0 Å². The fourth-order valence-electron chi connectivity index (χ4n) is 3.26. The van der Waals surface area contributed by atoms with E-state index in [4.69, 9.17) is 0 Å². The Hall–Kier alpha value is -1.61. The van der Waals surface area contributed by atoms with Gasteiger partial charge in [0.1, 0.15) is 5.60 Å². The Labute approximate surface area is 184 Å². The first kappa shape index (κ1) is 22.7. The second-order valence-electron chi connectivity index (χ2n) is 7.89. The Morgan fingerprint density at radius 1 is 1.29 bits per heavy atom. The van der Waals surface area contributed by atoms with Crippen LogP contribution in [0.5, 0.6) is 0 Å². The van der Waals surface area contributed by atoms with Crippen molar-refractivity contribution in [1.82, 2.24) is 20.4 Å². The molecule has 3 rings (SSSR count). The van der Waals surface area contributed by atoms with Gasteiger partial charge in [-0.3, -0.25) is 4.68 Å².